The summed E-state index contributed by atoms with van der Waals surface area (Å²) < 4.78 is 5.59. The van der Waals surface area contributed by atoms with Crippen LogP contribution >= 0.6 is 0 Å². The van der Waals surface area contributed by atoms with E-state index in [-0.39, 0.29) is 11.3 Å². The maximum atomic E-state index is 10.9. The van der Waals surface area contributed by atoms with Crippen molar-refractivity contribution in [1.29, 1.82) is 5.26 Å². The number of pyridine rings is 1. The molecule has 0 aliphatic carbocycles. The van der Waals surface area contributed by atoms with Crippen LogP contribution in [0.1, 0.15) is 21.6 Å². The Kier molecular flexibility index (Phi) is 3.44. The number of ether oxygens (including phenoxy) is 1. The summed E-state index contributed by atoms with van der Waals surface area (Å²) >= 11 is 0. The molecule has 0 atom stereocenters. The zero-order valence-corrected chi connectivity index (χ0v) is 10.1. The second-order valence-corrected chi connectivity index (χ2v) is 3.88. The maximum absolute atomic E-state index is 10.9. The molecule has 19 heavy (non-hydrogen) atoms. The van der Waals surface area contributed by atoms with Crippen LogP contribution in [-0.4, -0.2) is 16.1 Å². The molecule has 0 saturated heterocycles. The molecular formula is C14H10N2O3. The van der Waals surface area contributed by atoms with Gasteiger partial charge in [0, 0.05) is 12.3 Å². The fourth-order valence-corrected chi connectivity index (χ4v) is 1.51. The van der Waals surface area contributed by atoms with E-state index in [1.165, 1.54) is 24.4 Å². The number of aromatic carboxylic acids is 1. The number of carbonyl (C=O) groups is 1. The van der Waals surface area contributed by atoms with Crippen LogP contribution < -0.4 is 4.74 Å². The summed E-state index contributed by atoms with van der Waals surface area (Å²) in [7, 11) is 0. The standard InChI is InChI=1S/C14H10N2O3/c1-9-2-3-10(14(17)18)6-13(9)19-12-4-5-16-11(7-12)8-15/h2-7H,1H3,(H,17,18). The van der Waals surface area contributed by atoms with Crippen LogP contribution in [0, 0.1) is 18.3 Å². The third-order valence-corrected chi connectivity index (χ3v) is 2.51. The first kappa shape index (κ1) is 12.6. The minimum Gasteiger partial charge on any atom is -0.478 e. The Hall–Kier alpha value is -2.87. The third-order valence-electron chi connectivity index (χ3n) is 2.51. The lowest BCUT2D eigenvalue weighted by Crippen LogP contribution is -1.98. The molecule has 94 valence electrons. The highest BCUT2D eigenvalue weighted by Crippen LogP contribution is 2.26. The van der Waals surface area contributed by atoms with Crippen molar-refractivity contribution in [3.63, 3.8) is 0 Å². The van der Waals surface area contributed by atoms with E-state index in [0.717, 1.165) is 5.56 Å². The van der Waals surface area contributed by atoms with E-state index in [2.05, 4.69) is 4.98 Å². The zero-order valence-electron chi connectivity index (χ0n) is 10.1. The number of nitrogens with zero attached hydrogens (tertiary/aromatic N) is 2. The van der Waals surface area contributed by atoms with Crippen molar-refractivity contribution in [3.8, 4) is 17.6 Å². The van der Waals surface area contributed by atoms with Crippen molar-refractivity contribution in [1.82, 2.24) is 4.98 Å². The van der Waals surface area contributed by atoms with E-state index < -0.39 is 5.97 Å². The van der Waals surface area contributed by atoms with E-state index in [1.807, 2.05) is 13.0 Å². The lowest BCUT2D eigenvalue weighted by Gasteiger charge is -2.09. The maximum Gasteiger partial charge on any atom is 0.335 e. The summed E-state index contributed by atoms with van der Waals surface area (Å²) in [5, 5.41) is 17.7. The summed E-state index contributed by atoms with van der Waals surface area (Å²) in [6.07, 6.45) is 1.46. The number of hydrogen-bond acceptors (Lipinski definition) is 4. The molecule has 0 aliphatic heterocycles. The molecule has 1 N–H and O–H groups in total. The number of benzene rings is 1. The normalized spacial score (nSPS) is 9.68. The van der Waals surface area contributed by atoms with Crippen LogP contribution in [0.3, 0.4) is 0 Å². The van der Waals surface area contributed by atoms with Crippen LogP contribution in [0.5, 0.6) is 11.5 Å². The minimum absolute atomic E-state index is 0.148. The molecule has 0 aliphatic rings. The largest absolute Gasteiger partial charge is 0.478 e. The van der Waals surface area contributed by atoms with Crippen molar-refractivity contribution >= 4 is 5.97 Å². The van der Waals surface area contributed by atoms with Gasteiger partial charge in [0.25, 0.3) is 0 Å². The van der Waals surface area contributed by atoms with Crippen molar-refractivity contribution in [2.45, 2.75) is 6.92 Å². The highest BCUT2D eigenvalue weighted by molar-refractivity contribution is 5.88. The van der Waals surface area contributed by atoms with E-state index >= 15 is 0 Å². The molecular weight excluding hydrogens is 244 g/mol. The predicted octanol–water partition coefficient (Wildman–Crippen LogP) is 2.75. The van der Waals surface area contributed by atoms with E-state index in [1.54, 1.807) is 12.1 Å². The Morgan fingerprint density at radius 1 is 1.37 bits per heavy atom. The predicted molar refractivity (Wildman–Crippen MR) is 67.2 cm³/mol. The van der Waals surface area contributed by atoms with Crippen LogP contribution in [0.25, 0.3) is 0 Å². The summed E-state index contributed by atoms with van der Waals surface area (Å²) in [4.78, 5) is 14.7. The summed E-state index contributed by atoms with van der Waals surface area (Å²) in [5.41, 5.74) is 1.19. The molecule has 0 bridgehead atoms. The molecule has 0 radical (unpaired) electrons. The van der Waals surface area contributed by atoms with Gasteiger partial charge >= 0.3 is 5.97 Å². The fourth-order valence-electron chi connectivity index (χ4n) is 1.51. The molecule has 1 aromatic heterocycles. The zero-order chi connectivity index (χ0) is 13.8. The molecule has 1 heterocycles. The van der Waals surface area contributed by atoms with E-state index in [4.69, 9.17) is 15.1 Å². The molecule has 0 fully saturated rings. The van der Waals surface area contributed by atoms with Gasteiger partial charge in [0.05, 0.1) is 5.56 Å². The molecule has 0 saturated carbocycles. The van der Waals surface area contributed by atoms with Gasteiger partial charge in [-0.05, 0) is 30.7 Å². The van der Waals surface area contributed by atoms with Gasteiger partial charge < -0.3 is 9.84 Å². The minimum atomic E-state index is -1.02. The number of carboxylic acids is 1. The van der Waals surface area contributed by atoms with Crippen molar-refractivity contribution in [2.24, 2.45) is 0 Å². The van der Waals surface area contributed by atoms with Gasteiger partial charge in [0.2, 0.25) is 0 Å². The average molecular weight is 254 g/mol. The molecule has 1 aromatic carbocycles. The first-order valence-corrected chi connectivity index (χ1v) is 5.48. The highest BCUT2D eigenvalue weighted by atomic mass is 16.5. The van der Waals surface area contributed by atoms with E-state index in [9.17, 15) is 4.79 Å². The van der Waals surface area contributed by atoms with Crippen LogP contribution in [-0.2, 0) is 0 Å². The molecule has 0 spiro atoms. The van der Waals surface area contributed by atoms with Crippen LogP contribution in [0.2, 0.25) is 0 Å². The van der Waals surface area contributed by atoms with Gasteiger partial charge in [-0.1, -0.05) is 6.07 Å². The Bertz CT molecular complexity index is 675. The Morgan fingerprint density at radius 3 is 2.84 bits per heavy atom. The average Bonchev–Trinajstić information content (AvgIpc) is 2.41. The number of aromatic nitrogens is 1. The summed E-state index contributed by atoms with van der Waals surface area (Å²) in [6, 6.07) is 9.64. The molecule has 5 nitrogen and oxygen atoms in total. The van der Waals surface area contributed by atoms with Gasteiger partial charge in [-0.15, -0.1) is 0 Å². The fraction of sp³-hybridized carbons (Fsp3) is 0.0714. The second kappa shape index (κ2) is 5.19. The molecule has 2 aromatic rings. The van der Waals surface area contributed by atoms with Gasteiger partial charge in [-0.3, -0.25) is 0 Å². The van der Waals surface area contributed by atoms with Gasteiger partial charge in [0.15, 0.2) is 0 Å². The number of hydrogen-bond donors (Lipinski definition) is 1. The monoisotopic (exact) mass is 254 g/mol. The summed E-state index contributed by atoms with van der Waals surface area (Å²) in [5.74, 6) is -0.135. The number of nitriles is 1. The first-order valence-electron chi connectivity index (χ1n) is 5.48. The number of rotatable bonds is 3. The SMILES string of the molecule is Cc1ccc(C(=O)O)cc1Oc1ccnc(C#N)c1. The summed E-state index contributed by atoms with van der Waals surface area (Å²) in [6.45, 7) is 1.81. The number of aryl methyl sites for hydroxylation is 1. The highest BCUT2D eigenvalue weighted by Gasteiger charge is 2.08. The molecule has 0 unspecified atom stereocenters. The Morgan fingerprint density at radius 2 is 2.16 bits per heavy atom. The molecule has 2 rings (SSSR count). The van der Waals surface area contributed by atoms with Gasteiger partial charge in [-0.25, -0.2) is 9.78 Å². The van der Waals surface area contributed by atoms with Crippen molar-refractivity contribution in [2.75, 3.05) is 0 Å². The Labute approximate surface area is 109 Å². The first-order chi connectivity index (χ1) is 9.10. The topological polar surface area (TPSA) is 83.2 Å². The quantitative estimate of drug-likeness (QED) is 0.910. The van der Waals surface area contributed by atoms with Crippen LogP contribution in [0.15, 0.2) is 36.5 Å². The third kappa shape index (κ3) is 2.87. The second-order valence-electron chi connectivity index (χ2n) is 3.88. The molecule has 5 heteroatoms. The van der Waals surface area contributed by atoms with Gasteiger partial charge in [0.1, 0.15) is 23.3 Å². The van der Waals surface area contributed by atoms with Crippen LogP contribution in [0.4, 0.5) is 0 Å². The Balaban J connectivity index is 2.34. The van der Waals surface area contributed by atoms with Crippen molar-refractivity contribution < 1.29 is 14.6 Å². The van der Waals surface area contributed by atoms with E-state index in [0.29, 0.717) is 11.5 Å². The van der Waals surface area contributed by atoms with Gasteiger partial charge in [-0.2, -0.15) is 5.26 Å². The lowest BCUT2D eigenvalue weighted by molar-refractivity contribution is 0.0696. The van der Waals surface area contributed by atoms with Crippen molar-refractivity contribution in [3.05, 3.63) is 53.3 Å². The lowest BCUT2D eigenvalue weighted by atomic mass is 10.1. The molecule has 0 amide bonds. The smallest absolute Gasteiger partial charge is 0.335 e. The number of carboxylic acid groups (broad SMARTS) is 1.